The Bertz CT molecular complexity index is 900. The SMILES string of the molecule is COc1ccc(-n2c(Cc3ccc(F)cc3)n[nH]c2=O)cc1OC. The Balaban J connectivity index is 2.01. The predicted molar refractivity (Wildman–Crippen MR) is 86.5 cm³/mol. The molecule has 0 atom stereocenters. The highest BCUT2D eigenvalue weighted by Gasteiger charge is 2.13. The number of halogens is 1. The molecule has 0 unspecified atom stereocenters. The fraction of sp³-hybridized carbons (Fsp3) is 0.176. The summed E-state index contributed by atoms with van der Waals surface area (Å²) in [5.74, 6) is 1.28. The second-order valence-electron chi connectivity index (χ2n) is 5.12. The van der Waals surface area contributed by atoms with Crippen LogP contribution in [0.4, 0.5) is 4.39 Å². The van der Waals surface area contributed by atoms with Gasteiger partial charge in [0.15, 0.2) is 11.5 Å². The molecule has 0 aliphatic rings. The molecule has 0 aliphatic carbocycles. The molecule has 1 heterocycles. The third-order valence-electron chi connectivity index (χ3n) is 3.64. The van der Waals surface area contributed by atoms with Crippen molar-refractivity contribution in [2.45, 2.75) is 6.42 Å². The van der Waals surface area contributed by atoms with Gasteiger partial charge in [-0.05, 0) is 29.8 Å². The summed E-state index contributed by atoms with van der Waals surface area (Å²) in [7, 11) is 3.07. The number of ether oxygens (including phenoxy) is 2. The summed E-state index contributed by atoms with van der Waals surface area (Å²) in [6.07, 6.45) is 0.382. The van der Waals surface area contributed by atoms with Gasteiger partial charge in [-0.25, -0.2) is 18.9 Å². The molecule has 0 amide bonds. The molecule has 0 aliphatic heterocycles. The molecule has 1 N–H and O–H groups in total. The largest absolute Gasteiger partial charge is 0.493 e. The van der Waals surface area contributed by atoms with Crippen LogP contribution in [0.2, 0.25) is 0 Å². The van der Waals surface area contributed by atoms with Gasteiger partial charge in [0.1, 0.15) is 11.6 Å². The highest BCUT2D eigenvalue weighted by atomic mass is 19.1. The number of nitrogens with one attached hydrogen (secondary N) is 1. The summed E-state index contributed by atoms with van der Waals surface area (Å²) in [6.45, 7) is 0. The molecule has 3 aromatic rings. The zero-order valence-corrected chi connectivity index (χ0v) is 13.2. The van der Waals surface area contributed by atoms with Crippen LogP contribution in [-0.2, 0) is 6.42 Å². The summed E-state index contributed by atoms with van der Waals surface area (Å²) in [6, 6.07) is 11.2. The molecule has 0 saturated carbocycles. The third-order valence-corrected chi connectivity index (χ3v) is 3.64. The maximum atomic E-state index is 13.0. The Labute approximate surface area is 137 Å². The first kappa shape index (κ1) is 15.8. The quantitative estimate of drug-likeness (QED) is 0.780. The van der Waals surface area contributed by atoms with E-state index >= 15 is 0 Å². The monoisotopic (exact) mass is 329 g/mol. The second-order valence-corrected chi connectivity index (χ2v) is 5.12. The topological polar surface area (TPSA) is 69.1 Å². The molecule has 0 fully saturated rings. The first-order valence-electron chi connectivity index (χ1n) is 7.25. The summed E-state index contributed by atoms with van der Waals surface area (Å²) in [5, 5.41) is 6.51. The van der Waals surface area contributed by atoms with Crippen LogP contribution in [0.3, 0.4) is 0 Å². The van der Waals surface area contributed by atoms with Gasteiger partial charge in [-0.1, -0.05) is 12.1 Å². The Morgan fingerprint density at radius 1 is 1.08 bits per heavy atom. The maximum Gasteiger partial charge on any atom is 0.347 e. The Morgan fingerprint density at radius 2 is 1.79 bits per heavy atom. The van der Waals surface area contributed by atoms with Crippen LogP contribution in [0.25, 0.3) is 5.69 Å². The van der Waals surface area contributed by atoms with Crippen molar-refractivity contribution in [2.75, 3.05) is 14.2 Å². The second kappa shape index (κ2) is 6.57. The van der Waals surface area contributed by atoms with Gasteiger partial charge in [-0.3, -0.25) is 0 Å². The predicted octanol–water partition coefficient (Wildman–Crippen LogP) is 2.31. The Morgan fingerprint density at radius 3 is 2.46 bits per heavy atom. The van der Waals surface area contributed by atoms with Crippen molar-refractivity contribution in [3.63, 3.8) is 0 Å². The summed E-state index contributed by atoms with van der Waals surface area (Å²) < 4.78 is 25.0. The summed E-state index contributed by atoms with van der Waals surface area (Å²) in [4.78, 5) is 12.2. The molecular weight excluding hydrogens is 313 g/mol. The third kappa shape index (κ3) is 3.01. The molecule has 3 rings (SSSR count). The van der Waals surface area contributed by atoms with E-state index in [1.54, 1.807) is 37.4 Å². The van der Waals surface area contributed by atoms with Gasteiger partial charge in [0.05, 0.1) is 19.9 Å². The van der Waals surface area contributed by atoms with Gasteiger partial charge in [0.25, 0.3) is 0 Å². The zero-order valence-electron chi connectivity index (χ0n) is 13.2. The number of rotatable bonds is 5. The van der Waals surface area contributed by atoms with Gasteiger partial charge in [-0.15, -0.1) is 0 Å². The fourth-order valence-corrected chi connectivity index (χ4v) is 2.46. The van der Waals surface area contributed by atoms with E-state index in [0.717, 1.165) is 5.56 Å². The van der Waals surface area contributed by atoms with Crippen molar-refractivity contribution >= 4 is 0 Å². The zero-order chi connectivity index (χ0) is 17.1. The molecule has 6 nitrogen and oxygen atoms in total. The van der Waals surface area contributed by atoms with Crippen molar-refractivity contribution in [3.05, 3.63) is 70.2 Å². The van der Waals surface area contributed by atoms with Crippen LogP contribution in [0, 0.1) is 5.82 Å². The van der Waals surface area contributed by atoms with Crippen molar-refractivity contribution in [3.8, 4) is 17.2 Å². The van der Waals surface area contributed by atoms with Gasteiger partial charge in [0, 0.05) is 12.5 Å². The number of H-pyrrole nitrogens is 1. The number of aromatic amines is 1. The lowest BCUT2D eigenvalue weighted by molar-refractivity contribution is 0.355. The van der Waals surface area contributed by atoms with E-state index < -0.39 is 0 Å². The van der Waals surface area contributed by atoms with E-state index in [1.165, 1.54) is 23.8 Å². The molecule has 2 aromatic carbocycles. The van der Waals surface area contributed by atoms with E-state index in [-0.39, 0.29) is 11.5 Å². The number of aromatic nitrogens is 3. The summed E-state index contributed by atoms with van der Waals surface area (Å²) in [5.41, 5.74) is 1.08. The number of hydrogen-bond acceptors (Lipinski definition) is 4. The fourth-order valence-electron chi connectivity index (χ4n) is 2.46. The highest BCUT2D eigenvalue weighted by Crippen LogP contribution is 2.29. The Kier molecular flexibility index (Phi) is 4.33. The molecule has 1 aromatic heterocycles. The van der Waals surface area contributed by atoms with E-state index in [0.29, 0.717) is 29.4 Å². The first-order valence-corrected chi connectivity index (χ1v) is 7.25. The minimum Gasteiger partial charge on any atom is -0.493 e. The lowest BCUT2D eigenvalue weighted by Crippen LogP contribution is -2.17. The molecule has 124 valence electrons. The smallest absolute Gasteiger partial charge is 0.347 e. The normalized spacial score (nSPS) is 10.6. The number of nitrogens with zero attached hydrogens (tertiary/aromatic N) is 2. The van der Waals surface area contributed by atoms with Gasteiger partial charge >= 0.3 is 5.69 Å². The van der Waals surface area contributed by atoms with Crippen LogP contribution >= 0.6 is 0 Å². The molecule has 0 radical (unpaired) electrons. The van der Waals surface area contributed by atoms with Crippen molar-refractivity contribution < 1.29 is 13.9 Å². The molecule has 0 bridgehead atoms. The van der Waals surface area contributed by atoms with E-state index in [9.17, 15) is 9.18 Å². The highest BCUT2D eigenvalue weighted by molar-refractivity contribution is 5.49. The molecule has 0 spiro atoms. The first-order chi connectivity index (χ1) is 11.6. The van der Waals surface area contributed by atoms with E-state index in [2.05, 4.69) is 10.2 Å². The van der Waals surface area contributed by atoms with Gasteiger partial charge in [-0.2, -0.15) is 5.10 Å². The molecule has 7 heteroatoms. The van der Waals surface area contributed by atoms with Crippen LogP contribution in [-0.4, -0.2) is 29.0 Å². The van der Waals surface area contributed by atoms with Crippen LogP contribution in [0.15, 0.2) is 47.3 Å². The van der Waals surface area contributed by atoms with Crippen molar-refractivity contribution in [1.29, 1.82) is 0 Å². The van der Waals surface area contributed by atoms with Crippen molar-refractivity contribution in [1.82, 2.24) is 14.8 Å². The van der Waals surface area contributed by atoms with Crippen LogP contribution in [0.1, 0.15) is 11.4 Å². The standard InChI is InChI=1S/C17H16FN3O3/c1-23-14-8-7-13(10-15(14)24-2)21-16(19-20-17(21)22)9-11-3-5-12(18)6-4-11/h3-8,10H,9H2,1-2H3,(H,20,22). The number of hydrogen-bond donors (Lipinski definition) is 1. The molecule has 0 saturated heterocycles. The Hall–Kier alpha value is -3.09. The number of methoxy groups -OCH3 is 2. The summed E-state index contributed by atoms with van der Waals surface area (Å²) >= 11 is 0. The lowest BCUT2D eigenvalue weighted by Gasteiger charge is -2.11. The van der Waals surface area contributed by atoms with Crippen molar-refractivity contribution in [2.24, 2.45) is 0 Å². The van der Waals surface area contributed by atoms with Crippen LogP contribution < -0.4 is 15.2 Å². The van der Waals surface area contributed by atoms with Gasteiger partial charge in [0.2, 0.25) is 0 Å². The minimum atomic E-state index is -0.362. The average molecular weight is 329 g/mol. The van der Waals surface area contributed by atoms with E-state index in [1.807, 2.05) is 0 Å². The number of benzene rings is 2. The maximum absolute atomic E-state index is 13.0. The molecular formula is C17H16FN3O3. The molecule has 24 heavy (non-hydrogen) atoms. The van der Waals surface area contributed by atoms with E-state index in [4.69, 9.17) is 9.47 Å². The lowest BCUT2D eigenvalue weighted by atomic mass is 10.1. The van der Waals surface area contributed by atoms with Gasteiger partial charge < -0.3 is 9.47 Å². The van der Waals surface area contributed by atoms with Crippen LogP contribution in [0.5, 0.6) is 11.5 Å². The average Bonchev–Trinajstić information content (AvgIpc) is 2.96. The minimum absolute atomic E-state index is 0.307.